The lowest BCUT2D eigenvalue weighted by Gasteiger charge is -2.20. The van der Waals surface area contributed by atoms with Crippen LogP contribution in [-0.2, 0) is 6.42 Å². The number of nitrogens with zero attached hydrogens (tertiary/aromatic N) is 3. The largest absolute Gasteiger partial charge is 0.314 e. The first-order valence-corrected chi connectivity index (χ1v) is 14.2. The summed E-state index contributed by atoms with van der Waals surface area (Å²) in [5.74, 6) is 0.710. The van der Waals surface area contributed by atoms with Gasteiger partial charge in [-0.25, -0.2) is 4.98 Å². The van der Waals surface area contributed by atoms with Crippen LogP contribution in [-0.4, -0.2) is 28.1 Å². The minimum atomic E-state index is -0.0368. The van der Waals surface area contributed by atoms with Crippen molar-refractivity contribution >= 4 is 46.7 Å². The predicted molar refractivity (Wildman–Crippen MR) is 155 cm³/mol. The van der Waals surface area contributed by atoms with Gasteiger partial charge in [0.1, 0.15) is 5.52 Å². The van der Waals surface area contributed by atoms with E-state index >= 15 is 0 Å². The molecule has 3 heterocycles. The van der Waals surface area contributed by atoms with Crippen LogP contribution in [0, 0.1) is 26.7 Å². The van der Waals surface area contributed by atoms with Crippen molar-refractivity contribution in [1.29, 1.82) is 0 Å². The van der Waals surface area contributed by atoms with Crippen molar-refractivity contribution in [2.24, 2.45) is 10.9 Å². The van der Waals surface area contributed by atoms with Crippen LogP contribution < -0.4 is 5.43 Å². The van der Waals surface area contributed by atoms with E-state index in [1.165, 1.54) is 23.3 Å². The van der Waals surface area contributed by atoms with Gasteiger partial charge in [0.2, 0.25) is 5.43 Å². The molecule has 1 saturated carbocycles. The van der Waals surface area contributed by atoms with E-state index in [-0.39, 0.29) is 5.43 Å². The van der Waals surface area contributed by atoms with Gasteiger partial charge in [-0.15, -0.1) is 11.8 Å². The number of hydrogen-bond donors (Lipinski definition) is 0. The fourth-order valence-electron chi connectivity index (χ4n) is 5.08. The molecule has 5 rings (SSSR count). The average molecular weight is 518 g/mol. The van der Waals surface area contributed by atoms with E-state index in [0.717, 1.165) is 46.4 Å². The summed E-state index contributed by atoms with van der Waals surface area (Å²) < 4.78 is 2.14. The topological polar surface area (TPSA) is 47.2 Å². The van der Waals surface area contributed by atoms with Crippen LogP contribution in [0.5, 0.6) is 0 Å². The molecule has 1 unspecified atom stereocenters. The highest BCUT2D eigenvalue weighted by molar-refractivity contribution is 8.03. The number of aliphatic imine (C=N–C) groups is 1. The molecule has 1 aliphatic heterocycles. The Bertz CT molecular complexity index is 1510. The number of dihydropyridines is 1. The van der Waals surface area contributed by atoms with Gasteiger partial charge in [-0.3, -0.25) is 9.79 Å². The highest BCUT2D eigenvalue weighted by Crippen LogP contribution is 2.40. The number of aromatic nitrogens is 2. The Morgan fingerprint density at radius 1 is 1.17 bits per heavy atom. The summed E-state index contributed by atoms with van der Waals surface area (Å²) in [6, 6.07) is 6.33. The second-order valence-electron chi connectivity index (χ2n) is 9.87. The maximum absolute atomic E-state index is 13.7. The molecule has 0 radical (unpaired) electrons. The second-order valence-corrected chi connectivity index (χ2v) is 11.2. The van der Waals surface area contributed by atoms with Crippen LogP contribution in [0.1, 0.15) is 54.1 Å². The van der Waals surface area contributed by atoms with Gasteiger partial charge in [0.15, 0.2) is 0 Å². The Labute approximate surface area is 222 Å². The minimum absolute atomic E-state index is 0.0368. The highest BCUT2D eigenvalue weighted by atomic mass is 35.5. The van der Waals surface area contributed by atoms with Gasteiger partial charge in [-0.1, -0.05) is 24.6 Å². The molecule has 1 aromatic carbocycles. The Morgan fingerprint density at radius 2 is 1.94 bits per heavy atom. The number of thioether (sulfide) groups is 1. The number of aryl methyl sites for hydroxylation is 3. The third kappa shape index (κ3) is 4.59. The zero-order chi connectivity index (χ0) is 25.6. The number of allylic oxidation sites excluding steroid dienone is 2. The van der Waals surface area contributed by atoms with Crippen LogP contribution in [0.3, 0.4) is 0 Å². The zero-order valence-electron chi connectivity index (χ0n) is 21.6. The summed E-state index contributed by atoms with van der Waals surface area (Å²) in [6.45, 7) is 8.25. The minimum Gasteiger partial charge on any atom is -0.314 e. The Morgan fingerprint density at radius 3 is 2.64 bits per heavy atom. The van der Waals surface area contributed by atoms with Gasteiger partial charge in [-0.05, 0) is 105 Å². The molecular weight excluding hydrogens is 486 g/mol. The van der Waals surface area contributed by atoms with E-state index in [1.54, 1.807) is 11.8 Å². The molecule has 36 heavy (non-hydrogen) atoms. The average Bonchev–Trinajstić information content (AvgIpc) is 3.73. The molecule has 0 amide bonds. The molecular formula is C30H32ClN3OS. The van der Waals surface area contributed by atoms with Crippen molar-refractivity contribution < 1.29 is 0 Å². The lowest BCUT2D eigenvalue weighted by atomic mass is 9.99. The van der Waals surface area contributed by atoms with Gasteiger partial charge in [0.05, 0.1) is 11.6 Å². The smallest absolute Gasteiger partial charge is 0.215 e. The monoisotopic (exact) mass is 517 g/mol. The molecule has 0 bridgehead atoms. The SMILES string of the molecule is CCc1cc(Cl)ccc1-n1cc(/C=C/C2=C(SC)C=NC(C3CC3)C2)c(=O)c2nc(C)c(C)c(C)c21. The van der Waals surface area contributed by atoms with Gasteiger partial charge >= 0.3 is 0 Å². The van der Waals surface area contributed by atoms with Crippen molar-refractivity contribution in [2.75, 3.05) is 6.26 Å². The van der Waals surface area contributed by atoms with Crippen LogP contribution in [0.15, 0.2) is 50.7 Å². The lowest BCUT2D eigenvalue weighted by molar-refractivity contribution is 0.593. The van der Waals surface area contributed by atoms with E-state index in [1.807, 2.05) is 43.6 Å². The number of hydrogen-bond acceptors (Lipinski definition) is 4. The maximum atomic E-state index is 13.7. The highest BCUT2D eigenvalue weighted by Gasteiger charge is 2.32. The lowest BCUT2D eigenvalue weighted by Crippen LogP contribution is -2.16. The molecule has 2 aliphatic rings. The fourth-order valence-corrected chi connectivity index (χ4v) is 5.86. The van der Waals surface area contributed by atoms with Crippen molar-refractivity contribution in [1.82, 2.24) is 9.55 Å². The summed E-state index contributed by atoms with van der Waals surface area (Å²) >= 11 is 8.05. The number of rotatable bonds is 6. The maximum Gasteiger partial charge on any atom is 0.215 e. The molecule has 0 N–H and O–H groups in total. The summed E-state index contributed by atoms with van der Waals surface area (Å²) in [5.41, 5.74) is 8.44. The first-order chi connectivity index (χ1) is 17.3. The molecule has 1 atom stereocenters. The third-order valence-electron chi connectivity index (χ3n) is 7.61. The van der Waals surface area contributed by atoms with Gasteiger partial charge in [0.25, 0.3) is 0 Å². The summed E-state index contributed by atoms with van der Waals surface area (Å²) in [5, 5.41) is 0.712. The molecule has 1 fully saturated rings. The number of pyridine rings is 2. The summed E-state index contributed by atoms with van der Waals surface area (Å²) in [6.07, 6.45) is 14.5. The van der Waals surface area contributed by atoms with E-state index in [9.17, 15) is 4.79 Å². The van der Waals surface area contributed by atoms with Crippen LogP contribution in [0.25, 0.3) is 22.8 Å². The first-order valence-electron chi connectivity index (χ1n) is 12.6. The fraction of sp³-hybridized carbons (Fsp3) is 0.367. The van der Waals surface area contributed by atoms with Crippen molar-refractivity contribution in [3.05, 3.63) is 84.1 Å². The standard InChI is InChI=1S/C30H32ClN3OS/c1-6-20-13-24(31)11-12-26(20)34-16-23(30(35)28-29(34)18(3)17(2)19(4)33-28)10-9-22-14-25(21-7-8-21)32-15-27(22)36-5/h9-13,15-16,21,25H,6-8,14H2,1-5H3/b10-9+. The third-order valence-corrected chi connectivity index (χ3v) is 8.65. The van der Waals surface area contributed by atoms with Crippen LogP contribution in [0.2, 0.25) is 5.02 Å². The number of fused-ring (bicyclic) bond motifs is 1. The molecule has 4 nitrogen and oxygen atoms in total. The van der Waals surface area contributed by atoms with Crippen molar-refractivity contribution in [3.8, 4) is 5.69 Å². The molecule has 1 aliphatic carbocycles. The molecule has 0 spiro atoms. The second kappa shape index (κ2) is 10.0. The van der Waals surface area contributed by atoms with Crippen molar-refractivity contribution in [3.63, 3.8) is 0 Å². The summed E-state index contributed by atoms with van der Waals surface area (Å²) in [7, 11) is 0. The number of halogens is 1. The van der Waals surface area contributed by atoms with Crippen LogP contribution >= 0.6 is 23.4 Å². The molecule has 0 saturated heterocycles. The van der Waals surface area contributed by atoms with E-state index in [2.05, 4.69) is 37.7 Å². The Balaban J connectivity index is 1.71. The van der Waals surface area contributed by atoms with E-state index < -0.39 is 0 Å². The van der Waals surface area contributed by atoms with Crippen molar-refractivity contribution in [2.45, 2.75) is 59.4 Å². The normalized spacial score (nSPS) is 18.1. The Kier molecular flexibility index (Phi) is 6.97. The van der Waals surface area contributed by atoms with Gasteiger partial charge < -0.3 is 4.57 Å². The van der Waals surface area contributed by atoms with Gasteiger partial charge in [-0.2, -0.15) is 0 Å². The Hall–Kier alpha value is -2.63. The van der Waals surface area contributed by atoms with E-state index in [4.69, 9.17) is 21.6 Å². The molecule has 6 heteroatoms. The number of benzene rings is 1. The molecule has 186 valence electrons. The quantitative estimate of drug-likeness (QED) is 0.342. The van der Waals surface area contributed by atoms with E-state index in [0.29, 0.717) is 28.1 Å². The molecule has 3 aromatic rings. The van der Waals surface area contributed by atoms with Gasteiger partial charge in [0, 0.05) is 39.3 Å². The van der Waals surface area contributed by atoms with Crippen LogP contribution in [0.4, 0.5) is 0 Å². The summed E-state index contributed by atoms with van der Waals surface area (Å²) in [4.78, 5) is 24.5. The zero-order valence-corrected chi connectivity index (χ0v) is 23.1. The first kappa shape index (κ1) is 25.0. The molecule has 2 aromatic heterocycles. The predicted octanol–water partition coefficient (Wildman–Crippen LogP) is 7.41.